The van der Waals surface area contributed by atoms with Crippen molar-refractivity contribution in [3.63, 3.8) is 0 Å². The lowest BCUT2D eigenvalue weighted by Crippen LogP contribution is -2.12. The van der Waals surface area contributed by atoms with Crippen LogP contribution in [-0.2, 0) is 0 Å². The second-order valence-corrected chi connectivity index (χ2v) is 3.91. The number of nitrogens with one attached hydrogen (secondary N) is 1. The molecule has 0 aliphatic heterocycles. The van der Waals surface area contributed by atoms with Crippen LogP contribution in [0.1, 0.15) is 10.4 Å². The van der Waals surface area contributed by atoms with E-state index in [1.807, 2.05) is 0 Å². The monoisotopic (exact) mass is 264 g/mol. The van der Waals surface area contributed by atoms with Gasteiger partial charge in [0.1, 0.15) is 16.7 Å². The molecule has 18 heavy (non-hydrogen) atoms. The lowest BCUT2D eigenvalue weighted by atomic mass is 10.2. The highest BCUT2D eigenvalue weighted by atomic mass is 35.5. The number of aromatic nitrogens is 1. The number of phenolic OH excluding ortho intramolecular Hbond substituents is 2. The van der Waals surface area contributed by atoms with E-state index in [9.17, 15) is 9.90 Å². The van der Waals surface area contributed by atoms with Gasteiger partial charge >= 0.3 is 0 Å². The topological polar surface area (TPSA) is 82.5 Å². The Morgan fingerprint density at radius 2 is 2.00 bits per heavy atom. The molecule has 92 valence electrons. The minimum absolute atomic E-state index is 0.0581. The zero-order valence-electron chi connectivity index (χ0n) is 9.09. The fourth-order valence-corrected chi connectivity index (χ4v) is 1.47. The van der Waals surface area contributed by atoms with Gasteiger partial charge in [-0.05, 0) is 24.3 Å². The van der Waals surface area contributed by atoms with Crippen LogP contribution >= 0.6 is 11.6 Å². The highest BCUT2D eigenvalue weighted by Crippen LogP contribution is 2.23. The summed E-state index contributed by atoms with van der Waals surface area (Å²) < 4.78 is 0. The van der Waals surface area contributed by atoms with E-state index in [1.54, 1.807) is 6.07 Å². The van der Waals surface area contributed by atoms with E-state index in [2.05, 4.69) is 10.3 Å². The largest absolute Gasteiger partial charge is 0.508 e. The molecule has 1 amide bonds. The number of phenols is 2. The van der Waals surface area contributed by atoms with E-state index in [0.29, 0.717) is 10.8 Å². The number of anilines is 1. The van der Waals surface area contributed by atoms with Crippen LogP contribution in [0.5, 0.6) is 11.5 Å². The van der Waals surface area contributed by atoms with Crippen LogP contribution in [0, 0.1) is 0 Å². The summed E-state index contributed by atoms with van der Waals surface area (Å²) in [6, 6.07) is 6.85. The number of carbonyl (C=O) groups excluding carboxylic acids is 1. The van der Waals surface area contributed by atoms with Gasteiger partial charge in [0.05, 0.1) is 17.4 Å². The highest BCUT2D eigenvalue weighted by molar-refractivity contribution is 6.29. The lowest BCUT2D eigenvalue weighted by Gasteiger charge is -2.06. The maximum atomic E-state index is 11.8. The fourth-order valence-electron chi connectivity index (χ4n) is 1.36. The molecule has 0 unspecified atom stereocenters. The Kier molecular flexibility index (Phi) is 3.34. The second kappa shape index (κ2) is 4.93. The summed E-state index contributed by atoms with van der Waals surface area (Å²) >= 11 is 5.62. The molecule has 5 nitrogen and oxygen atoms in total. The van der Waals surface area contributed by atoms with Crippen LogP contribution in [0.2, 0.25) is 5.15 Å². The predicted molar refractivity (Wildman–Crippen MR) is 67.0 cm³/mol. The number of nitrogens with zero attached hydrogens (tertiary/aromatic N) is 1. The maximum absolute atomic E-state index is 11.8. The molecule has 0 fully saturated rings. The van der Waals surface area contributed by atoms with Crippen molar-refractivity contribution in [1.29, 1.82) is 0 Å². The molecule has 0 saturated carbocycles. The van der Waals surface area contributed by atoms with Gasteiger partial charge in [0.2, 0.25) is 0 Å². The van der Waals surface area contributed by atoms with Gasteiger partial charge < -0.3 is 15.5 Å². The summed E-state index contributed by atoms with van der Waals surface area (Å²) in [5, 5.41) is 21.5. The molecule has 0 spiro atoms. The zero-order chi connectivity index (χ0) is 13.1. The first-order chi connectivity index (χ1) is 8.56. The van der Waals surface area contributed by atoms with Gasteiger partial charge in [0.15, 0.2) is 0 Å². The molecule has 1 aromatic heterocycles. The summed E-state index contributed by atoms with van der Waals surface area (Å²) in [4.78, 5) is 15.6. The van der Waals surface area contributed by atoms with Crippen LogP contribution in [0.15, 0.2) is 36.5 Å². The Labute approximate surface area is 108 Å². The number of carbonyl (C=O) groups is 1. The van der Waals surface area contributed by atoms with Crippen LogP contribution in [0.25, 0.3) is 0 Å². The molecule has 3 N–H and O–H groups in total. The first-order valence-electron chi connectivity index (χ1n) is 5.01. The van der Waals surface area contributed by atoms with Crippen molar-refractivity contribution in [1.82, 2.24) is 4.98 Å². The number of halogens is 1. The van der Waals surface area contributed by atoms with Crippen LogP contribution in [-0.4, -0.2) is 21.1 Å². The number of aromatic hydroxyl groups is 2. The summed E-state index contributed by atoms with van der Waals surface area (Å²) in [7, 11) is 0. The summed E-state index contributed by atoms with van der Waals surface area (Å²) in [6.07, 6.45) is 1.40. The molecule has 0 bridgehead atoms. The van der Waals surface area contributed by atoms with E-state index in [0.717, 1.165) is 6.07 Å². The molecular formula is C12H9ClN2O3. The third kappa shape index (κ3) is 2.70. The van der Waals surface area contributed by atoms with Gasteiger partial charge in [-0.3, -0.25) is 4.79 Å². The standard InChI is InChI=1S/C12H9ClN2O3/c13-11-4-1-7(6-14-11)15-12(18)9-3-2-8(16)5-10(9)17/h1-6,16-17H,(H,15,18). The van der Waals surface area contributed by atoms with E-state index in [4.69, 9.17) is 16.7 Å². The molecular weight excluding hydrogens is 256 g/mol. The van der Waals surface area contributed by atoms with Crippen molar-refractivity contribution in [3.05, 3.63) is 47.2 Å². The lowest BCUT2D eigenvalue weighted by molar-refractivity contribution is 0.102. The Balaban J connectivity index is 2.19. The van der Waals surface area contributed by atoms with Crippen LogP contribution < -0.4 is 5.32 Å². The van der Waals surface area contributed by atoms with Crippen LogP contribution in [0.4, 0.5) is 5.69 Å². The van der Waals surface area contributed by atoms with E-state index < -0.39 is 5.91 Å². The zero-order valence-corrected chi connectivity index (χ0v) is 9.85. The third-order valence-electron chi connectivity index (χ3n) is 2.21. The molecule has 0 radical (unpaired) electrons. The van der Waals surface area contributed by atoms with Gasteiger partial charge in [-0.1, -0.05) is 11.6 Å². The molecule has 6 heteroatoms. The number of hydrogen-bond acceptors (Lipinski definition) is 4. The normalized spacial score (nSPS) is 10.1. The van der Waals surface area contributed by atoms with Crippen molar-refractivity contribution in [3.8, 4) is 11.5 Å². The summed E-state index contributed by atoms with van der Waals surface area (Å²) in [6.45, 7) is 0. The minimum Gasteiger partial charge on any atom is -0.508 e. The predicted octanol–water partition coefficient (Wildman–Crippen LogP) is 2.40. The van der Waals surface area contributed by atoms with Crippen molar-refractivity contribution >= 4 is 23.2 Å². The highest BCUT2D eigenvalue weighted by Gasteiger charge is 2.11. The molecule has 2 rings (SSSR count). The molecule has 0 aliphatic rings. The average Bonchev–Trinajstić information content (AvgIpc) is 2.32. The van der Waals surface area contributed by atoms with Crippen molar-refractivity contribution in [2.45, 2.75) is 0 Å². The average molecular weight is 265 g/mol. The minimum atomic E-state index is -0.503. The van der Waals surface area contributed by atoms with E-state index >= 15 is 0 Å². The quantitative estimate of drug-likeness (QED) is 0.728. The second-order valence-electron chi connectivity index (χ2n) is 3.53. The van der Waals surface area contributed by atoms with Gasteiger partial charge in [-0.2, -0.15) is 0 Å². The first kappa shape index (κ1) is 12.2. The van der Waals surface area contributed by atoms with Gasteiger partial charge in [0, 0.05) is 6.07 Å². The molecule has 1 aromatic carbocycles. The SMILES string of the molecule is O=C(Nc1ccc(Cl)nc1)c1ccc(O)cc1O. The molecule has 0 saturated heterocycles. The number of amides is 1. The Bertz CT molecular complexity index is 584. The van der Waals surface area contributed by atoms with Crippen molar-refractivity contribution in [2.24, 2.45) is 0 Å². The van der Waals surface area contributed by atoms with E-state index in [-0.39, 0.29) is 17.1 Å². The maximum Gasteiger partial charge on any atom is 0.259 e. The van der Waals surface area contributed by atoms with Gasteiger partial charge in [-0.15, -0.1) is 0 Å². The molecule has 1 heterocycles. The number of rotatable bonds is 2. The van der Waals surface area contributed by atoms with Crippen molar-refractivity contribution < 1.29 is 15.0 Å². The Morgan fingerprint density at radius 3 is 2.61 bits per heavy atom. The van der Waals surface area contributed by atoms with Gasteiger partial charge in [0.25, 0.3) is 5.91 Å². The molecule has 0 aliphatic carbocycles. The fraction of sp³-hybridized carbons (Fsp3) is 0. The third-order valence-corrected chi connectivity index (χ3v) is 2.43. The van der Waals surface area contributed by atoms with Crippen molar-refractivity contribution in [2.75, 3.05) is 5.32 Å². The number of pyridine rings is 1. The number of benzene rings is 1. The van der Waals surface area contributed by atoms with Crippen LogP contribution in [0.3, 0.4) is 0 Å². The van der Waals surface area contributed by atoms with Gasteiger partial charge in [-0.25, -0.2) is 4.98 Å². The number of hydrogen-bond donors (Lipinski definition) is 3. The first-order valence-corrected chi connectivity index (χ1v) is 5.39. The molecule has 0 atom stereocenters. The smallest absolute Gasteiger partial charge is 0.259 e. The summed E-state index contributed by atoms with van der Waals surface area (Å²) in [5.41, 5.74) is 0.514. The Morgan fingerprint density at radius 1 is 1.22 bits per heavy atom. The van der Waals surface area contributed by atoms with E-state index in [1.165, 1.54) is 24.4 Å². The Hall–Kier alpha value is -2.27. The molecule has 2 aromatic rings. The summed E-state index contributed by atoms with van der Waals surface area (Å²) in [5.74, 6) is -0.914.